The zero-order valence-corrected chi connectivity index (χ0v) is 24.7. The molecule has 2 aromatic rings. The molecule has 0 aliphatic heterocycles. The van der Waals surface area contributed by atoms with Crippen molar-refractivity contribution < 1.29 is 132 Å². The van der Waals surface area contributed by atoms with E-state index in [2.05, 4.69) is 0 Å². The van der Waals surface area contributed by atoms with E-state index in [1.165, 1.54) is 0 Å². The number of benzene rings is 2. The topological polar surface area (TPSA) is 113 Å². The Labute approximate surface area is 264 Å². The third-order valence-corrected chi connectivity index (χ3v) is 4.87. The van der Waals surface area contributed by atoms with Crippen molar-refractivity contribution in [3.8, 4) is 11.5 Å². The maximum atomic E-state index is 11.4. The Morgan fingerprint density at radius 2 is 1.72 bits per heavy atom. The average Bonchev–Trinajstić information content (AvgIpc) is 2.57. The fourth-order valence-electron chi connectivity index (χ4n) is 2.25. The van der Waals surface area contributed by atoms with Crippen LogP contribution >= 0.6 is 30.8 Å². The fraction of sp³-hybridized carbons (Fsp3) is 0.235. The fourth-order valence-corrected chi connectivity index (χ4v) is 3.03. The van der Waals surface area contributed by atoms with Gasteiger partial charge < -0.3 is 19.1 Å². The maximum Gasteiger partial charge on any atom is 1.00 e. The van der Waals surface area contributed by atoms with Crippen LogP contribution in [0.4, 0.5) is 0 Å². The van der Waals surface area contributed by atoms with Gasteiger partial charge in [0, 0.05) is 12.6 Å². The number of halogens is 2. The Balaban J connectivity index is 0.00000392. The Hall–Kier alpha value is 1.67. The van der Waals surface area contributed by atoms with E-state index in [-0.39, 0.29) is 114 Å². The van der Waals surface area contributed by atoms with Crippen LogP contribution in [0.2, 0.25) is 10.0 Å². The summed E-state index contributed by atoms with van der Waals surface area (Å²) in [7, 11) is -5.00. The number of amides is 1. The maximum absolute atomic E-state index is 11.4. The molecule has 0 radical (unpaired) electrons. The smallest absolute Gasteiger partial charge is 0.810 e. The van der Waals surface area contributed by atoms with Crippen LogP contribution in [0.1, 0.15) is 12.0 Å². The summed E-state index contributed by atoms with van der Waals surface area (Å²) in [6.45, 7) is -0.100. The van der Waals surface area contributed by atoms with Crippen molar-refractivity contribution in [2.75, 3.05) is 12.7 Å². The molecule has 12 heteroatoms. The van der Waals surface area contributed by atoms with Gasteiger partial charge in [-0.1, -0.05) is 42.9 Å². The van der Waals surface area contributed by atoms with Crippen LogP contribution in [0.15, 0.2) is 42.5 Å². The van der Waals surface area contributed by atoms with Gasteiger partial charge in [-0.05, 0) is 42.7 Å². The minimum Gasteiger partial charge on any atom is -0.810 e. The summed E-state index contributed by atoms with van der Waals surface area (Å²) >= 11 is 11.8. The number of rotatable bonds is 8. The van der Waals surface area contributed by atoms with Gasteiger partial charge in [0.1, 0.15) is 11.5 Å². The summed E-state index contributed by atoms with van der Waals surface area (Å²) in [5, 5.41) is 10.5. The molecule has 2 rings (SSSR count). The number of nitrogens with zero attached hydrogens (tertiary/aromatic N) is 1. The molecule has 2 aromatic carbocycles. The van der Waals surface area contributed by atoms with Crippen molar-refractivity contribution in [1.29, 1.82) is 0 Å². The van der Waals surface area contributed by atoms with E-state index in [9.17, 15) is 24.4 Å². The Morgan fingerprint density at radius 1 is 1.07 bits per heavy atom. The summed E-state index contributed by atoms with van der Waals surface area (Å²) in [4.78, 5) is 32.5. The average molecular weight is 510 g/mol. The predicted molar refractivity (Wildman–Crippen MR) is 97.3 cm³/mol. The van der Waals surface area contributed by atoms with Crippen molar-refractivity contribution in [2.24, 2.45) is 0 Å². The summed E-state index contributed by atoms with van der Waals surface area (Å²) in [5.74, 6) is -0.0464. The number of ether oxygens (including phenoxy) is 1. The first-order valence-electron chi connectivity index (χ1n) is 7.86. The SMILES string of the molecule is O=C(CP(=O)([O-])[O-])N(O)CCCc1cccc(Oc2ccc(Cl)c(Cl)c2)c1.[K+].[K+]. The minimum absolute atomic E-state index is 0. The number of hydroxylamine groups is 2. The van der Waals surface area contributed by atoms with Crippen LogP contribution in [0, 0.1) is 0 Å². The molecule has 0 aromatic heterocycles. The van der Waals surface area contributed by atoms with Gasteiger partial charge >= 0.3 is 103 Å². The van der Waals surface area contributed by atoms with Gasteiger partial charge in [-0.15, -0.1) is 0 Å². The van der Waals surface area contributed by atoms with Crippen LogP contribution < -0.4 is 117 Å². The van der Waals surface area contributed by atoms with Gasteiger partial charge in [-0.2, -0.15) is 0 Å². The van der Waals surface area contributed by atoms with Gasteiger partial charge in [-0.3, -0.25) is 10.0 Å². The van der Waals surface area contributed by atoms with Crippen LogP contribution in [-0.4, -0.2) is 28.9 Å². The van der Waals surface area contributed by atoms with Crippen LogP contribution in [0.3, 0.4) is 0 Å². The molecule has 0 aliphatic rings. The number of hydrogen-bond acceptors (Lipinski definition) is 6. The molecule has 0 unspecified atom stereocenters. The number of aryl methyl sites for hydroxylation is 1. The van der Waals surface area contributed by atoms with Crippen LogP contribution in [0.5, 0.6) is 11.5 Å². The summed E-state index contributed by atoms with van der Waals surface area (Å²) < 4.78 is 16.3. The number of carbonyl (C=O) groups excluding carboxylic acids is 1. The summed E-state index contributed by atoms with van der Waals surface area (Å²) in [5.41, 5.74) is 0.881. The first kappa shape index (κ1) is 30.7. The van der Waals surface area contributed by atoms with E-state index in [4.69, 9.17) is 27.9 Å². The molecule has 29 heavy (non-hydrogen) atoms. The minimum atomic E-state index is -5.00. The van der Waals surface area contributed by atoms with Crippen molar-refractivity contribution in [3.05, 3.63) is 58.1 Å². The van der Waals surface area contributed by atoms with Crippen molar-refractivity contribution in [3.63, 3.8) is 0 Å². The second kappa shape index (κ2) is 14.7. The molecule has 146 valence electrons. The van der Waals surface area contributed by atoms with Crippen molar-refractivity contribution >= 4 is 36.7 Å². The quantitative estimate of drug-likeness (QED) is 0.174. The summed E-state index contributed by atoms with van der Waals surface area (Å²) in [6.07, 6.45) is -0.383. The van der Waals surface area contributed by atoms with Gasteiger partial charge in [0.2, 0.25) is 0 Å². The second-order valence-corrected chi connectivity index (χ2v) is 8.07. The molecule has 0 spiro atoms. The second-order valence-electron chi connectivity index (χ2n) is 5.71. The Kier molecular flexibility index (Phi) is 15.6. The van der Waals surface area contributed by atoms with Gasteiger partial charge in [0.05, 0.1) is 16.2 Å². The monoisotopic (exact) mass is 509 g/mol. The molecular formula is C17H16Cl2K2NO6P. The van der Waals surface area contributed by atoms with E-state index in [0.717, 1.165) is 5.56 Å². The van der Waals surface area contributed by atoms with Gasteiger partial charge in [0.15, 0.2) is 0 Å². The van der Waals surface area contributed by atoms with E-state index in [1.54, 1.807) is 36.4 Å². The molecule has 7 nitrogen and oxygen atoms in total. The van der Waals surface area contributed by atoms with E-state index in [0.29, 0.717) is 34.4 Å². The molecule has 0 heterocycles. The Morgan fingerprint density at radius 3 is 2.34 bits per heavy atom. The number of carbonyl (C=O) groups is 1. The molecule has 1 amide bonds. The molecule has 0 saturated carbocycles. The molecule has 0 fully saturated rings. The van der Waals surface area contributed by atoms with E-state index in [1.807, 2.05) is 6.07 Å². The normalized spacial score (nSPS) is 10.5. The Bertz CT molecular complexity index is 868. The van der Waals surface area contributed by atoms with Gasteiger partial charge in [0.25, 0.3) is 5.91 Å². The molecule has 0 bridgehead atoms. The molecule has 1 N–H and O–H groups in total. The molecular weight excluding hydrogens is 494 g/mol. The molecule has 0 aliphatic carbocycles. The first-order chi connectivity index (χ1) is 12.6. The third kappa shape index (κ3) is 11.9. The third-order valence-electron chi connectivity index (χ3n) is 3.48. The largest absolute Gasteiger partial charge is 1.00 e. The van der Waals surface area contributed by atoms with Crippen molar-refractivity contribution in [2.45, 2.75) is 12.8 Å². The molecule has 0 atom stereocenters. The first-order valence-corrected chi connectivity index (χ1v) is 10.3. The zero-order chi connectivity index (χ0) is 20.0. The number of hydrogen-bond donors (Lipinski definition) is 1. The van der Waals surface area contributed by atoms with E-state index >= 15 is 0 Å². The van der Waals surface area contributed by atoms with Crippen LogP contribution in [-0.2, 0) is 15.8 Å². The molecule has 0 saturated heterocycles. The van der Waals surface area contributed by atoms with Gasteiger partial charge in [-0.25, -0.2) is 5.06 Å². The predicted octanol–water partition coefficient (Wildman–Crippen LogP) is -3.14. The van der Waals surface area contributed by atoms with E-state index < -0.39 is 19.7 Å². The standard InChI is InChI=1S/C17H18Cl2NO6P.2K/c18-15-7-6-14(10-16(15)19)26-13-5-1-3-12(9-13)4-2-8-20(22)17(21)11-27(23,24)25;;/h1,3,5-7,9-10,22H,2,4,8,11H2,(H2,23,24,25);;/q;2*+1/p-2. The van der Waals surface area contributed by atoms with Crippen LogP contribution in [0.25, 0.3) is 0 Å². The summed E-state index contributed by atoms with van der Waals surface area (Å²) in [6, 6.07) is 12.1. The van der Waals surface area contributed by atoms with Crippen molar-refractivity contribution in [1.82, 2.24) is 5.06 Å². The zero-order valence-electron chi connectivity index (χ0n) is 16.0.